The van der Waals surface area contributed by atoms with Crippen molar-refractivity contribution in [2.75, 3.05) is 0 Å². The molecule has 0 bridgehead atoms. The Labute approximate surface area is 118 Å². The number of halogens is 2. The molecule has 0 amide bonds. The van der Waals surface area contributed by atoms with Crippen LogP contribution in [0.1, 0.15) is 31.5 Å². The van der Waals surface area contributed by atoms with E-state index in [1.807, 2.05) is 13.8 Å². The maximum absolute atomic E-state index is 5.85. The van der Waals surface area contributed by atoms with Crippen molar-refractivity contribution in [2.45, 2.75) is 26.4 Å². The fourth-order valence-corrected chi connectivity index (χ4v) is 2.09. The zero-order chi connectivity index (χ0) is 13.1. The van der Waals surface area contributed by atoms with Crippen LogP contribution in [0.3, 0.4) is 0 Å². The third-order valence-corrected chi connectivity index (χ3v) is 3.08. The van der Waals surface area contributed by atoms with Gasteiger partial charge in [0.15, 0.2) is 6.61 Å². The Morgan fingerprint density at radius 2 is 2.17 bits per heavy atom. The average Bonchev–Trinajstić information content (AvgIpc) is 2.76. The molecule has 96 valence electrons. The van der Waals surface area contributed by atoms with Crippen LogP contribution >= 0.6 is 27.5 Å². The molecule has 1 aromatic heterocycles. The van der Waals surface area contributed by atoms with E-state index in [1.54, 1.807) is 18.2 Å². The molecule has 0 atom stereocenters. The maximum Gasteiger partial charge on any atom is 0.253 e. The second kappa shape index (κ2) is 5.71. The Hall–Kier alpha value is -1.07. The van der Waals surface area contributed by atoms with Gasteiger partial charge in [0.2, 0.25) is 5.89 Å². The standard InChI is InChI=1S/C12H12BrClN2O2/c1-7(2)12-16-15-11(18-12)6-17-10-4-3-8(14)5-9(10)13/h3-5,7H,6H2,1-2H3. The second-order valence-corrected chi connectivity index (χ2v) is 5.34. The quantitative estimate of drug-likeness (QED) is 0.843. The second-order valence-electron chi connectivity index (χ2n) is 4.05. The first-order chi connectivity index (χ1) is 8.56. The molecule has 0 saturated heterocycles. The van der Waals surface area contributed by atoms with Crippen LogP contribution in [0.2, 0.25) is 5.02 Å². The van der Waals surface area contributed by atoms with Gasteiger partial charge in [0.25, 0.3) is 5.89 Å². The molecule has 0 spiro atoms. The lowest BCUT2D eigenvalue weighted by Gasteiger charge is -2.05. The van der Waals surface area contributed by atoms with Crippen LogP contribution in [-0.2, 0) is 6.61 Å². The van der Waals surface area contributed by atoms with E-state index in [0.717, 1.165) is 4.47 Å². The lowest BCUT2D eigenvalue weighted by Crippen LogP contribution is -1.96. The van der Waals surface area contributed by atoms with Crippen LogP contribution in [0.25, 0.3) is 0 Å². The summed E-state index contributed by atoms with van der Waals surface area (Å²) in [6, 6.07) is 5.31. The van der Waals surface area contributed by atoms with Crippen molar-refractivity contribution in [3.8, 4) is 5.75 Å². The molecule has 0 N–H and O–H groups in total. The van der Waals surface area contributed by atoms with Gasteiger partial charge in [0, 0.05) is 10.9 Å². The number of nitrogens with zero attached hydrogens (tertiary/aromatic N) is 2. The summed E-state index contributed by atoms with van der Waals surface area (Å²) < 4.78 is 11.8. The zero-order valence-electron chi connectivity index (χ0n) is 9.98. The van der Waals surface area contributed by atoms with Crippen molar-refractivity contribution in [1.29, 1.82) is 0 Å². The molecule has 4 nitrogen and oxygen atoms in total. The molecule has 0 aliphatic heterocycles. The smallest absolute Gasteiger partial charge is 0.253 e. The first-order valence-corrected chi connectivity index (χ1v) is 6.63. The number of hydrogen-bond acceptors (Lipinski definition) is 4. The number of ether oxygens (including phenoxy) is 1. The molecule has 0 aliphatic rings. The first-order valence-electron chi connectivity index (χ1n) is 5.46. The Balaban J connectivity index is 2.02. The van der Waals surface area contributed by atoms with Gasteiger partial charge in [-0.15, -0.1) is 10.2 Å². The highest BCUT2D eigenvalue weighted by Crippen LogP contribution is 2.28. The van der Waals surface area contributed by atoms with Gasteiger partial charge in [-0.25, -0.2) is 0 Å². The highest BCUT2D eigenvalue weighted by atomic mass is 79.9. The molecule has 0 fully saturated rings. The van der Waals surface area contributed by atoms with Gasteiger partial charge in [-0.3, -0.25) is 0 Å². The van der Waals surface area contributed by atoms with E-state index in [1.165, 1.54) is 0 Å². The number of aromatic nitrogens is 2. The molecule has 1 aromatic carbocycles. The average molecular weight is 332 g/mol. The van der Waals surface area contributed by atoms with Gasteiger partial charge in [0.05, 0.1) is 4.47 Å². The first kappa shape index (κ1) is 13.4. The zero-order valence-corrected chi connectivity index (χ0v) is 12.3. The summed E-state index contributed by atoms with van der Waals surface area (Å²) in [5, 5.41) is 8.50. The number of hydrogen-bond donors (Lipinski definition) is 0. The molecule has 2 aromatic rings. The minimum Gasteiger partial charge on any atom is -0.483 e. The summed E-state index contributed by atoms with van der Waals surface area (Å²) >= 11 is 9.22. The van der Waals surface area contributed by atoms with Crippen molar-refractivity contribution < 1.29 is 9.15 Å². The third-order valence-electron chi connectivity index (χ3n) is 2.22. The van der Waals surface area contributed by atoms with Gasteiger partial charge >= 0.3 is 0 Å². The molecule has 6 heteroatoms. The largest absolute Gasteiger partial charge is 0.483 e. The SMILES string of the molecule is CC(C)c1nnc(COc2ccc(Cl)cc2Br)o1. The Bertz CT molecular complexity index is 543. The van der Waals surface area contributed by atoms with Crippen molar-refractivity contribution >= 4 is 27.5 Å². The van der Waals surface area contributed by atoms with E-state index in [0.29, 0.717) is 22.6 Å². The van der Waals surface area contributed by atoms with Crippen molar-refractivity contribution in [2.24, 2.45) is 0 Å². The maximum atomic E-state index is 5.85. The molecule has 18 heavy (non-hydrogen) atoms. The molecular weight excluding hydrogens is 320 g/mol. The Kier molecular flexibility index (Phi) is 4.24. The fraction of sp³-hybridized carbons (Fsp3) is 0.333. The van der Waals surface area contributed by atoms with Crippen LogP contribution in [0.5, 0.6) is 5.75 Å². The van der Waals surface area contributed by atoms with Gasteiger partial charge in [-0.2, -0.15) is 0 Å². The van der Waals surface area contributed by atoms with E-state index >= 15 is 0 Å². The van der Waals surface area contributed by atoms with Crippen LogP contribution in [0.4, 0.5) is 0 Å². The predicted octanol–water partition coefficient (Wildman–Crippen LogP) is 4.19. The topological polar surface area (TPSA) is 48.2 Å². The van der Waals surface area contributed by atoms with E-state index in [9.17, 15) is 0 Å². The van der Waals surface area contributed by atoms with Gasteiger partial charge in [-0.05, 0) is 34.1 Å². The number of rotatable bonds is 4. The lowest BCUT2D eigenvalue weighted by atomic mass is 10.2. The van der Waals surface area contributed by atoms with Crippen LogP contribution in [0, 0.1) is 0 Å². The van der Waals surface area contributed by atoms with Crippen molar-refractivity contribution in [3.63, 3.8) is 0 Å². The summed E-state index contributed by atoms with van der Waals surface area (Å²) in [4.78, 5) is 0. The van der Waals surface area contributed by atoms with Crippen molar-refractivity contribution in [3.05, 3.63) is 39.5 Å². The minimum absolute atomic E-state index is 0.216. The van der Waals surface area contributed by atoms with E-state index < -0.39 is 0 Å². The molecule has 0 radical (unpaired) electrons. The van der Waals surface area contributed by atoms with Crippen LogP contribution < -0.4 is 4.74 Å². The molecule has 0 aliphatic carbocycles. The van der Waals surface area contributed by atoms with E-state index in [2.05, 4.69) is 26.1 Å². The molecule has 1 heterocycles. The minimum atomic E-state index is 0.216. The van der Waals surface area contributed by atoms with Gasteiger partial charge < -0.3 is 9.15 Å². The summed E-state index contributed by atoms with van der Waals surface area (Å²) in [6.07, 6.45) is 0. The fourth-order valence-electron chi connectivity index (χ4n) is 1.29. The lowest BCUT2D eigenvalue weighted by molar-refractivity contribution is 0.256. The molecule has 0 unspecified atom stereocenters. The summed E-state index contributed by atoms with van der Waals surface area (Å²) in [6.45, 7) is 4.22. The van der Waals surface area contributed by atoms with E-state index in [-0.39, 0.29) is 12.5 Å². The normalized spacial score (nSPS) is 10.9. The molecular formula is C12H12BrClN2O2. The Morgan fingerprint density at radius 1 is 1.39 bits per heavy atom. The highest BCUT2D eigenvalue weighted by Gasteiger charge is 2.10. The molecule has 2 rings (SSSR count). The Morgan fingerprint density at radius 3 is 2.78 bits per heavy atom. The highest BCUT2D eigenvalue weighted by molar-refractivity contribution is 9.10. The van der Waals surface area contributed by atoms with Gasteiger partial charge in [-0.1, -0.05) is 25.4 Å². The monoisotopic (exact) mass is 330 g/mol. The van der Waals surface area contributed by atoms with Crippen molar-refractivity contribution in [1.82, 2.24) is 10.2 Å². The summed E-state index contributed by atoms with van der Waals surface area (Å²) in [5.41, 5.74) is 0. The molecule has 0 saturated carbocycles. The predicted molar refractivity (Wildman–Crippen MR) is 71.9 cm³/mol. The summed E-state index contributed by atoms with van der Waals surface area (Å²) in [5.74, 6) is 1.97. The third kappa shape index (κ3) is 3.23. The van der Waals surface area contributed by atoms with Crippen LogP contribution in [0.15, 0.2) is 27.1 Å². The van der Waals surface area contributed by atoms with Crippen LogP contribution in [-0.4, -0.2) is 10.2 Å². The van der Waals surface area contributed by atoms with E-state index in [4.69, 9.17) is 20.8 Å². The van der Waals surface area contributed by atoms with Gasteiger partial charge in [0.1, 0.15) is 5.75 Å². The number of benzene rings is 1. The summed E-state index contributed by atoms with van der Waals surface area (Å²) in [7, 11) is 0.